The molecule has 0 heterocycles. The molecule has 3 nitrogen and oxygen atoms in total. The number of hydrogen-bond acceptors (Lipinski definition) is 3. The fourth-order valence-electron chi connectivity index (χ4n) is 2.73. The maximum Gasteiger partial charge on any atom is 0.122 e. The molecule has 1 saturated carbocycles. The summed E-state index contributed by atoms with van der Waals surface area (Å²) >= 11 is 0. The van der Waals surface area contributed by atoms with Gasteiger partial charge in [0.25, 0.3) is 0 Å². The first kappa shape index (κ1) is 15.3. The Morgan fingerprint density at radius 3 is 2.65 bits per heavy atom. The number of nitrogens with one attached hydrogen (secondary N) is 1. The van der Waals surface area contributed by atoms with Gasteiger partial charge in [0.2, 0.25) is 0 Å². The number of aliphatic hydroxyl groups is 1. The molecule has 0 amide bonds. The van der Waals surface area contributed by atoms with Gasteiger partial charge in [0.15, 0.2) is 0 Å². The highest BCUT2D eigenvalue weighted by atomic mass is 16.5. The molecule has 2 rings (SSSR count). The molecule has 1 fully saturated rings. The summed E-state index contributed by atoms with van der Waals surface area (Å²) in [7, 11) is 1.92. The number of aliphatic hydroxyl groups excluding tert-OH is 1. The summed E-state index contributed by atoms with van der Waals surface area (Å²) in [6, 6.07) is 8.25. The second-order valence-electron chi connectivity index (χ2n) is 5.97. The number of para-hydroxylation sites is 1. The van der Waals surface area contributed by atoms with E-state index in [4.69, 9.17) is 4.74 Å². The van der Waals surface area contributed by atoms with Crippen LogP contribution in [0.2, 0.25) is 0 Å². The lowest BCUT2D eigenvalue weighted by Gasteiger charge is -2.32. The lowest BCUT2D eigenvalue weighted by atomic mass is 9.95. The second kappa shape index (κ2) is 6.59. The van der Waals surface area contributed by atoms with Crippen molar-refractivity contribution >= 4 is 0 Å². The Morgan fingerprint density at radius 2 is 2.10 bits per heavy atom. The zero-order valence-corrected chi connectivity index (χ0v) is 12.9. The predicted octanol–water partition coefficient (Wildman–Crippen LogP) is 2.94. The van der Waals surface area contributed by atoms with Gasteiger partial charge in [0, 0.05) is 0 Å². The van der Waals surface area contributed by atoms with Crippen LogP contribution in [0.4, 0.5) is 0 Å². The molecule has 2 atom stereocenters. The first-order valence-electron chi connectivity index (χ1n) is 7.68. The minimum atomic E-state index is -0.289. The molecule has 1 aliphatic rings. The minimum absolute atomic E-state index is 0.125. The smallest absolute Gasteiger partial charge is 0.122 e. The van der Waals surface area contributed by atoms with E-state index in [1.54, 1.807) is 0 Å². The van der Waals surface area contributed by atoms with Gasteiger partial charge in [-0.05, 0) is 49.8 Å². The number of benzene rings is 1. The molecule has 1 aromatic rings. The van der Waals surface area contributed by atoms with Crippen molar-refractivity contribution in [1.29, 1.82) is 0 Å². The number of likely N-dealkylation sites (N-methyl/N-ethyl adjacent to an activating group) is 1. The van der Waals surface area contributed by atoms with E-state index in [9.17, 15) is 5.11 Å². The van der Waals surface area contributed by atoms with Crippen molar-refractivity contribution in [1.82, 2.24) is 5.32 Å². The van der Waals surface area contributed by atoms with Crippen LogP contribution in [-0.4, -0.2) is 30.9 Å². The quantitative estimate of drug-likeness (QED) is 0.767. The van der Waals surface area contributed by atoms with Crippen LogP contribution in [0, 0.1) is 5.92 Å². The molecule has 0 bridgehead atoms. The Morgan fingerprint density at radius 1 is 1.40 bits per heavy atom. The normalized spacial score (nSPS) is 19.4. The van der Waals surface area contributed by atoms with Crippen molar-refractivity contribution in [3.63, 3.8) is 0 Å². The molecule has 2 N–H and O–H groups in total. The molecule has 0 saturated heterocycles. The third kappa shape index (κ3) is 3.15. The lowest BCUT2D eigenvalue weighted by molar-refractivity contribution is 0.0908. The SMILES string of the molecule is CCC(C)c1ccccc1OCC(CO)(NC)C1CC1. The molecule has 0 aliphatic heterocycles. The number of rotatable bonds is 8. The largest absolute Gasteiger partial charge is 0.491 e. The summed E-state index contributed by atoms with van der Waals surface area (Å²) in [5, 5.41) is 13.0. The van der Waals surface area contributed by atoms with Gasteiger partial charge in [-0.3, -0.25) is 0 Å². The summed E-state index contributed by atoms with van der Waals surface area (Å²) in [5.74, 6) is 1.98. The van der Waals surface area contributed by atoms with E-state index in [1.807, 2.05) is 19.2 Å². The average Bonchev–Trinajstić information content (AvgIpc) is 3.34. The molecule has 1 aliphatic carbocycles. The summed E-state index contributed by atoms with van der Waals surface area (Å²) in [5.41, 5.74) is 0.969. The highest BCUT2D eigenvalue weighted by Gasteiger charge is 2.44. The summed E-state index contributed by atoms with van der Waals surface area (Å²) in [4.78, 5) is 0. The molecule has 1 aromatic carbocycles. The van der Waals surface area contributed by atoms with E-state index in [1.165, 1.54) is 18.4 Å². The maximum absolute atomic E-state index is 9.75. The van der Waals surface area contributed by atoms with Crippen LogP contribution in [0.3, 0.4) is 0 Å². The van der Waals surface area contributed by atoms with E-state index in [0.717, 1.165) is 12.2 Å². The first-order chi connectivity index (χ1) is 9.66. The summed E-state index contributed by atoms with van der Waals surface area (Å²) < 4.78 is 6.09. The van der Waals surface area contributed by atoms with Gasteiger partial charge in [-0.25, -0.2) is 0 Å². The van der Waals surface area contributed by atoms with Crippen LogP contribution in [-0.2, 0) is 0 Å². The Kier molecular flexibility index (Phi) is 5.06. The zero-order valence-electron chi connectivity index (χ0n) is 12.9. The van der Waals surface area contributed by atoms with Crippen molar-refractivity contribution in [2.24, 2.45) is 5.92 Å². The molecular weight excluding hydrogens is 250 g/mol. The predicted molar refractivity (Wildman–Crippen MR) is 82.2 cm³/mol. The van der Waals surface area contributed by atoms with Crippen LogP contribution < -0.4 is 10.1 Å². The third-order valence-corrected chi connectivity index (χ3v) is 4.69. The van der Waals surface area contributed by atoms with Gasteiger partial charge in [-0.15, -0.1) is 0 Å². The van der Waals surface area contributed by atoms with Gasteiger partial charge in [0.1, 0.15) is 12.4 Å². The first-order valence-corrected chi connectivity index (χ1v) is 7.68. The standard InChI is InChI=1S/C17H27NO2/c1-4-13(2)15-7-5-6-8-16(15)20-12-17(11-19,18-3)14-9-10-14/h5-8,13-14,18-19H,4,9-12H2,1-3H3. The van der Waals surface area contributed by atoms with Gasteiger partial charge in [0.05, 0.1) is 12.1 Å². The molecule has 20 heavy (non-hydrogen) atoms. The highest BCUT2D eigenvalue weighted by Crippen LogP contribution is 2.40. The van der Waals surface area contributed by atoms with Crippen LogP contribution in [0.15, 0.2) is 24.3 Å². The van der Waals surface area contributed by atoms with Crippen LogP contribution in [0.5, 0.6) is 5.75 Å². The van der Waals surface area contributed by atoms with Gasteiger partial charge < -0.3 is 15.2 Å². The Balaban J connectivity index is 2.10. The van der Waals surface area contributed by atoms with Crippen molar-refractivity contribution in [3.05, 3.63) is 29.8 Å². The van der Waals surface area contributed by atoms with E-state index >= 15 is 0 Å². The number of hydrogen-bond donors (Lipinski definition) is 2. The van der Waals surface area contributed by atoms with Crippen molar-refractivity contribution in [3.8, 4) is 5.75 Å². The molecule has 112 valence electrons. The number of ether oxygens (including phenoxy) is 1. The monoisotopic (exact) mass is 277 g/mol. The Labute approximate surface area is 122 Å². The van der Waals surface area contributed by atoms with Crippen LogP contribution in [0.25, 0.3) is 0 Å². The van der Waals surface area contributed by atoms with E-state index in [2.05, 4.69) is 31.3 Å². The lowest BCUT2D eigenvalue weighted by Crippen LogP contribution is -2.53. The van der Waals surface area contributed by atoms with Gasteiger partial charge in [-0.2, -0.15) is 0 Å². The second-order valence-corrected chi connectivity index (χ2v) is 5.97. The highest BCUT2D eigenvalue weighted by molar-refractivity contribution is 5.36. The molecular formula is C17H27NO2. The molecule has 0 aromatic heterocycles. The molecule has 0 radical (unpaired) electrons. The minimum Gasteiger partial charge on any atom is -0.491 e. The van der Waals surface area contributed by atoms with Crippen LogP contribution in [0.1, 0.15) is 44.6 Å². The maximum atomic E-state index is 9.75. The van der Waals surface area contributed by atoms with Gasteiger partial charge >= 0.3 is 0 Å². The average molecular weight is 277 g/mol. The molecule has 3 heteroatoms. The zero-order chi connectivity index (χ0) is 14.6. The van der Waals surface area contributed by atoms with E-state index in [-0.39, 0.29) is 12.1 Å². The fraction of sp³-hybridized carbons (Fsp3) is 0.647. The molecule has 2 unspecified atom stereocenters. The Hall–Kier alpha value is -1.06. The van der Waals surface area contributed by atoms with Gasteiger partial charge in [-0.1, -0.05) is 32.0 Å². The molecule has 0 spiro atoms. The Bertz CT molecular complexity index is 425. The van der Waals surface area contributed by atoms with Crippen molar-refractivity contribution in [2.45, 2.75) is 44.6 Å². The van der Waals surface area contributed by atoms with Crippen LogP contribution >= 0.6 is 0 Å². The third-order valence-electron chi connectivity index (χ3n) is 4.69. The summed E-state index contributed by atoms with van der Waals surface area (Å²) in [6.07, 6.45) is 3.45. The van der Waals surface area contributed by atoms with Crippen molar-refractivity contribution < 1.29 is 9.84 Å². The summed E-state index contributed by atoms with van der Waals surface area (Å²) in [6.45, 7) is 5.06. The topological polar surface area (TPSA) is 41.5 Å². The van der Waals surface area contributed by atoms with Crippen molar-refractivity contribution in [2.75, 3.05) is 20.3 Å². The fourth-order valence-corrected chi connectivity index (χ4v) is 2.73. The van der Waals surface area contributed by atoms with E-state index < -0.39 is 0 Å². The van der Waals surface area contributed by atoms with E-state index in [0.29, 0.717) is 18.4 Å².